The number of hydrogen-bond donors (Lipinski definition) is 2. The SMILES string of the molecule is CCN(CC)C1CC=C(C2CCC3=CC=C(O)CC3N2)CC1. The number of allylic oxidation sites excluding steroid dienone is 2. The number of hydrogen-bond acceptors (Lipinski definition) is 3. The van der Waals surface area contributed by atoms with Gasteiger partial charge in [0.1, 0.15) is 0 Å². The van der Waals surface area contributed by atoms with Gasteiger partial charge in [0, 0.05) is 24.5 Å². The van der Waals surface area contributed by atoms with Crippen LogP contribution in [0, 0.1) is 0 Å². The first kappa shape index (κ1) is 15.8. The van der Waals surface area contributed by atoms with E-state index in [-0.39, 0.29) is 0 Å². The molecule has 3 nitrogen and oxygen atoms in total. The summed E-state index contributed by atoms with van der Waals surface area (Å²) in [7, 11) is 0. The predicted molar refractivity (Wildman–Crippen MR) is 92.0 cm³/mol. The summed E-state index contributed by atoms with van der Waals surface area (Å²) >= 11 is 0. The van der Waals surface area contributed by atoms with E-state index in [1.54, 1.807) is 5.57 Å². The Morgan fingerprint density at radius 2 is 1.86 bits per heavy atom. The zero-order chi connectivity index (χ0) is 15.5. The minimum atomic E-state index is 0.352. The van der Waals surface area contributed by atoms with Crippen molar-refractivity contribution in [1.29, 1.82) is 0 Å². The fourth-order valence-electron chi connectivity index (χ4n) is 4.31. The Balaban J connectivity index is 1.60. The summed E-state index contributed by atoms with van der Waals surface area (Å²) in [5.41, 5.74) is 3.07. The van der Waals surface area contributed by atoms with E-state index in [1.165, 1.54) is 37.7 Å². The van der Waals surface area contributed by atoms with Gasteiger partial charge >= 0.3 is 0 Å². The molecule has 2 N–H and O–H groups in total. The van der Waals surface area contributed by atoms with Gasteiger partial charge in [0.2, 0.25) is 0 Å². The van der Waals surface area contributed by atoms with Crippen molar-refractivity contribution in [2.75, 3.05) is 13.1 Å². The molecule has 3 unspecified atom stereocenters. The van der Waals surface area contributed by atoms with Crippen molar-refractivity contribution >= 4 is 0 Å². The molecule has 3 atom stereocenters. The van der Waals surface area contributed by atoms with Gasteiger partial charge in [-0.25, -0.2) is 0 Å². The van der Waals surface area contributed by atoms with Gasteiger partial charge in [-0.1, -0.05) is 37.1 Å². The van der Waals surface area contributed by atoms with E-state index < -0.39 is 0 Å². The van der Waals surface area contributed by atoms with Crippen LogP contribution >= 0.6 is 0 Å². The van der Waals surface area contributed by atoms with E-state index in [2.05, 4.69) is 36.2 Å². The van der Waals surface area contributed by atoms with Crippen LogP contribution in [0.1, 0.15) is 52.4 Å². The zero-order valence-corrected chi connectivity index (χ0v) is 14.0. The fourth-order valence-corrected chi connectivity index (χ4v) is 4.31. The Morgan fingerprint density at radius 3 is 2.55 bits per heavy atom. The van der Waals surface area contributed by atoms with Gasteiger partial charge in [0.05, 0.1) is 5.76 Å². The zero-order valence-electron chi connectivity index (χ0n) is 14.0. The van der Waals surface area contributed by atoms with Crippen molar-refractivity contribution in [3.05, 3.63) is 35.1 Å². The maximum Gasteiger partial charge on any atom is 0.0941 e. The van der Waals surface area contributed by atoms with Crippen molar-refractivity contribution in [2.24, 2.45) is 0 Å². The van der Waals surface area contributed by atoms with Gasteiger partial charge in [-0.05, 0) is 51.3 Å². The number of aliphatic hydroxyl groups excluding tert-OH is 1. The average Bonchev–Trinajstić information content (AvgIpc) is 2.56. The highest BCUT2D eigenvalue weighted by Crippen LogP contribution is 2.32. The van der Waals surface area contributed by atoms with Crippen molar-refractivity contribution in [1.82, 2.24) is 10.2 Å². The molecule has 3 rings (SSSR count). The van der Waals surface area contributed by atoms with Crippen LogP contribution in [0.4, 0.5) is 0 Å². The lowest BCUT2D eigenvalue weighted by molar-refractivity contribution is 0.199. The second kappa shape index (κ2) is 7.01. The molecule has 0 aromatic rings. The number of aliphatic hydroxyl groups is 1. The van der Waals surface area contributed by atoms with Crippen LogP contribution in [-0.2, 0) is 0 Å². The van der Waals surface area contributed by atoms with Crippen molar-refractivity contribution < 1.29 is 5.11 Å². The molecule has 0 amide bonds. The minimum absolute atomic E-state index is 0.352. The molecular weight excluding hydrogens is 272 g/mol. The molecule has 0 saturated carbocycles. The first-order chi connectivity index (χ1) is 10.7. The van der Waals surface area contributed by atoms with Gasteiger partial charge in [-0.3, -0.25) is 0 Å². The van der Waals surface area contributed by atoms with Crippen LogP contribution in [0.25, 0.3) is 0 Å². The molecule has 22 heavy (non-hydrogen) atoms. The Morgan fingerprint density at radius 1 is 1.09 bits per heavy atom. The van der Waals surface area contributed by atoms with Gasteiger partial charge in [0.25, 0.3) is 0 Å². The summed E-state index contributed by atoms with van der Waals surface area (Å²) in [6, 6.07) is 1.61. The Bertz CT molecular complexity index is 488. The lowest BCUT2D eigenvalue weighted by Crippen LogP contribution is -2.46. The molecule has 3 heteroatoms. The van der Waals surface area contributed by atoms with E-state index in [9.17, 15) is 5.11 Å². The highest BCUT2D eigenvalue weighted by Gasteiger charge is 2.30. The molecule has 1 aliphatic heterocycles. The molecule has 3 aliphatic rings. The summed E-state index contributed by atoms with van der Waals surface area (Å²) in [5.74, 6) is 0.515. The summed E-state index contributed by atoms with van der Waals surface area (Å²) in [4.78, 5) is 2.59. The molecule has 0 spiro atoms. The number of nitrogens with zero attached hydrogens (tertiary/aromatic N) is 1. The second-order valence-electron chi connectivity index (χ2n) is 6.84. The lowest BCUT2D eigenvalue weighted by atomic mass is 9.82. The number of piperidine rings is 1. The number of nitrogens with one attached hydrogen (secondary N) is 1. The molecule has 1 saturated heterocycles. The third kappa shape index (κ3) is 3.31. The molecule has 0 bridgehead atoms. The molecular formula is C19H30N2O. The van der Waals surface area contributed by atoms with E-state index in [1.807, 2.05) is 6.08 Å². The van der Waals surface area contributed by atoms with Crippen molar-refractivity contribution in [3.63, 3.8) is 0 Å². The van der Waals surface area contributed by atoms with Crippen molar-refractivity contribution in [2.45, 2.75) is 70.5 Å². The standard InChI is InChI=1S/C19H30N2O/c1-3-21(4-2)16-9-5-14(6-10-16)18-12-8-15-7-11-17(22)13-19(15)20-18/h5,7,11,16,18-20,22H,3-4,6,8-10,12-13H2,1-2H3. The predicted octanol–water partition coefficient (Wildman–Crippen LogP) is 3.70. The third-order valence-electron chi connectivity index (χ3n) is 5.67. The summed E-state index contributed by atoms with van der Waals surface area (Å²) in [5, 5.41) is 13.5. The minimum Gasteiger partial charge on any atom is -0.512 e. The average molecular weight is 302 g/mol. The molecule has 1 heterocycles. The molecule has 0 aromatic carbocycles. The van der Waals surface area contributed by atoms with E-state index >= 15 is 0 Å². The van der Waals surface area contributed by atoms with Crippen LogP contribution in [0.3, 0.4) is 0 Å². The van der Waals surface area contributed by atoms with Gasteiger partial charge in [-0.2, -0.15) is 0 Å². The molecule has 2 aliphatic carbocycles. The topological polar surface area (TPSA) is 35.5 Å². The molecule has 0 aromatic heterocycles. The second-order valence-corrected chi connectivity index (χ2v) is 6.84. The smallest absolute Gasteiger partial charge is 0.0941 e. The van der Waals surface area contributed by atoms with Gasteiger partial charge < -0.3 is 15.3 Å². The van der Waals surface area contributed by atoms with Gasteiger partial charge in [-0.15, -0.1) is 0 Å². The van der Waals surface area contributed by atoms with Crippen LogP contribution in [-0.4, -0.2) is 41.2 Å². The summed E-state index contributed by atoms with van der Waals surface area (Å²) in [6.07, 6.45) is 13.3. The van der Waals surface area contributed by atoms with Crippen molar-refractivity contribution in [3.8, 4) is 0 Å². The van der Waals surface area contributed by atoms with Crippen LogP contribution < -0.4 is 5.32 Å². The van der Waals surface area contributed by atoms with Crippen LogP contribution in [0.2, 0.25) is 0 Å². The molecule has 1 fully saturated rings. The first-order valence-electron chi connectivity index (χ1n) is 8.98. The Kier molecular flexibility index (Phi) is 5.04. The highest BCUT2D eigenvalue weighted by atomic mass is 16.3. The maximum atomic E-state index is 9.75. The monoisotopic (exact) mass is 302 g/mol. The number of rotatable bonds is 4. The van der Waals surface area contributed by atoms with Gasteiger partial charge in [0.15, 0.2) is 0 Å². The molecule has 122 valence electrons. The van der Waals surface area contributed by atoms with Crippen LogP contribution in [0.15, 0.2) is 35.1 Å². The third-order valence-corrected chi connectivity index (χ3v) is 5.67. The summed E-state index contributed by atoms with van der Waals surface area (Å²) < 4.78 is 0. The quantitative estimate of drug-likeness (QED) is 0.777. The van der Waals surface area contributed by atoms with E-state index in [4.69, 9.17) is 0 Å². The summed E-state index contributed by atoms with van der Waals surface area (Å²) in [6.45, 7) is 6.85. The normalized spacial score (nSPS) is 32.1. The fraction of sp³-hybridized carbons (Fsp3) is 0.684. The van der Waals surface area contributed by atoms with E-state index in [0.29, 0.717) is 17.8 Å². The Labute approximate surface area is 134 Å². The number of fused-ring (bicyclic) bond motifs is 1. The maximum absolute atomic E-state index is 9.75. The Hall–Kier alpha value is -1.06. The first-order valence-corrected chi connectivity index (χ1v) is 8.98. The van der Waals surface area contributed by atoms with E-state index in [0.717, 1.165) is 25.6 Å². The largest absolute Gasteiger partial charge is 0.512 e. The highest BCUT2D eigenvalue weighted by molar-refractivity contribution is 5.30. The molecule has 0 radical (unpaired) electrons. The lowest BCUT2D eigenvalue weighted by Gasteiger charge is -2.39. The van der Waals surface area contributed by atoms with Crippen LogP contribution in [0.5, 0.6) is 0 Å².